The zero-order chi connectivity index (χ0) is 23.5. The Hall–Kier alpha value is -3.43. The Morgan fingerprint density at radius 2 is 1.85 bits per heavy atom. The molecule has 0 aliphatic heterocycles. The van der Waals surface area contributed by atoms with Crippen LogP contribution >= 0.6 is 22.9 Å². The minimum absolute atomic E-state index is 0.0340. The topological polar surface area (TPSA) is 111 Å². The van der Waals surface area contributed by atoms with E-state index in [-0.39, 0.29) is 22.2 Å². The van der Waals surface area contributed by atoms with E-state index in [0.29, 0.717) is 22.0 Å². The third-order valence-corrected chi connectivity index (χ3v) is 6.92. The number of methoxy groups -OCH3 is 1. The van der Waals surface area contributed by atoms with E-state index in [4.69, 9.17) is 16.3 Å². The number of hydrogen-bond acceptors (Lipinski definition) is 6. The number of fused-ring (bicyclic) bond motifs is 1. The Morgan fingerprint density at radius 1 is 1.09 bits per heavy atom. The van der Waals surface area contributed by atoms with Crippen LogP contribution in [-0.4, -0.2) is 23.8 Å². The first-order valence-electron chi connectivity index (χ1n) is 10.2. The highest BCUT2D eigenvalue weighted by atomic mass is 35.5. The number of ether oxygens (including phenoxy) is 1. The molecule has 170 valence electrons. The number of rotatable bonds is 6. The number of halogens is 1. The summed E-state index contributed by atoms with van der Waals surface area (Å²) in [6.45, 7) is 0. The number of para-hydroxylation sites is 2. The lowest BCUT2D eigenvalue weighted by atomic mass is 9.95. The summed E-state index contributed by atoms with van der Waals surface area (Å²) in [4.78, 5) is 37.9. The van der Waals surface area contributed by atoms with Gasteiger partial charge in [-0.05, 0) is 49.4 Å². The quantitative estimate of drug-likeness (QED) is 0.343. The molecule has 0 bridgehead atoms. The van der Waals surface area contributed by atoms with Gasteiger partial charge in [0.2, 0.25) is 0 Å². The minimum atomic E-state index is -0.617. The first-order valence-corrected chi connectivity index (χ1v) is 11.4. The summed E-state index contributed by atoms with van der Waals surface area (Å²) < 4.78 is 5.32. The number of aryl methyl sites for hydroxylation is 1. The fraction of sp³-hybridized carbons (Fsp3) is 0.217. The molecule has 0 saturated carbocycles. The second-order valence-corrected chi connectivity index (χ2v) is 8.96. The molecule has 0 radical (unpaired) electrons. The molecule has 3 aromatic rings. The number of thiophene rings is 1. The fourth-order valence-electron chi connectivity index (χ4n) is 3.80. The maximum atomic E-state index is 13.3. The molecule has 0 spiro atoms. The summed E-state index contributed by atoms with van der Waals surface area (Å²) in [7, 11) is 1.52. The van der Waals surface area contributed by atoms with E-state index in [9.17, 15) is 19.7 Å². The van der Waals surface area contributed by atoms with E-state index in [2.05, 4.69) is 10.6 Å². The zero-order valence-corrected chi connectivity index (χ0v) is 19.2. The van der Waals surface area contributed by atoms with E-state index < -0.39 is 10.8 Å². The van der Waals surface area contributed by atoms with E-state index in [0.717, 1.165) is 42.2 Å². The van der Waals surface area contributed by atoms with Crippen molar-refractivity contribution in [1.29, 1.82) is 0 Å². The van der Waals surface area contributed by atoms with Gasteiger partial charge in [0.15, 0.2) is 0 Å². The molecule has 1 heterocycles. The Labute approximate surface area is 198 Å². The van der Waals surface area contributed by atoms with Gasteiger partial charge >= 0.3 is 0 Å². The van der Waals surface area contributed by atoms with Crippen molar-refractivity contribution in [2.24, 2.45) is 0 Å². The lowest BCUT2D eigenvalue weighted by molar-refractivity contribution is -0.384. The summed E-state index contributed by atoms with van der Waals surface area (Å²) in [5.41, 5.74) is 1.55. The molecular formula is C23H20ClN3O5S. The van der Waals surface area contributed by atoms with Gasteiger partial charge in [-0.2, -0.15) is 0 Å². The van der Waals surface area contributed by atoms with Crippen molar-refractivity contribution in [3.8, 4) is 5.75 Å². The normalized spacial score (nSPS) is 12.5. The number of nitrogens with zero attached hydrogens (tertiary/aromatic N) is 1. The molecule has 2 amide bonds. The van der Waals surface area contributed by atoms with Crippen LogP contribution < -0.4 is 15.4 Å². The lowest BCUT2D eigenvalue weighted by Crippen LogP contribution is -2.19. The van der Waals surface area contributed by atoms with Crippen LogP contribution in [-0.2, 0) is 12.8 Å². The number of carbonyl (C=O) groups excluding carboxylic acids is 2. The number of nitrogens with one attached hydrogen (secondary N) is 2. The van der Waals surface area contributed by atoms with Crippen LogP contribution in [0.3, 0.4) is 0 Å². The number of anilines is 2. The van der Waals surface area contributed by atoms with Crippen molar-refractivity contribution in [3.63, 3.8) is 0 Å². The summed E-state index contributed by atoms with van der Waals surface area (Å²) >= 11 is 7.48. The lowest BCUT2D eigenvalue weighted by Gasteiger charge is -2.14. The number of nitro benzene ring substituents is 1. The molecule has 0 atom stereocenters. The van der Waals surface area contributed by atoms with Crippen LogP contribution in [0.25, 0.3) is 0 Å². The number of hydrogen-bond donors (Lipinski definition) is 2. The summed E-state index contributed by atoms with van der Waals surface area (Å²) in [5, 5.41) is 17.2. The van der Waals surface area contributed by atoms with Gasteiger partial charge in [-0.3, -0.25) is 19.7 Å². The summed E-state index contributed by atoms with van der Waals surface area (Å²) in [6.07, 6.45) is 3.50. The molecule has 8 nitrogen and oxygen atoms in total. The number of nitro groups is 1. The van der Waals surface area contributed by atoms with Gasteiger partial charge < -0.3 is 15.4 Å². The molecule has 33 heavy (non-hydrogen) atoms. The van der Waals surface area contributed by atoms with Crippen LogP contribution in [0.2, 0.25) is 5.02 Å². The molecule has 10 heteroatoms. The molecule has 0 unspecified atom stereocenters. The molecule has 1 aliphatic carbocycles. The van der Waals surface area contributed by atoms with Gasteiger partial charge in [-0.1, -0.05) is 23.7 Å². The number of non-ortho nitro benzene ring substituents is 1. The number of carbonyl (C=O) groups is 2. The molecule has 4 rings (SSSR count). The maximum Gasteiger partial charge on any atom is 0.270 e. The van der Waals surface area contributed by atoms with E-state index in [1.807, 2.05) is 0 Å². The molecule has 2 N–H and O–H groups in total. The van der Waals surface area contributed by atoms with Crippen LogP contribution in [0.5, 0.6) is 5.75 Å². The largest absolute Gasteiger partial charge is 0.495 e. The summed E-state index contributed by atoms with van der Waals surface area (Å²) in [6, 6.07) is 10.7. The van der Waals surface area contributed by atoms with Crippen molar-refractivity contribution in [2.45, 2.75) is 25.7 Å². The standard InChI is InChI=1S/C23H20ClN3O5S/c1-32-18-8-4-3-7-17(18)25-22(29)20-14-6-2-5-9-19(14)33-23(20)26-21(28)15-12-13(27(30)31)10-11-16(15)24/h3-4,7-8,10-12H,2,5-6,9H2,1H3,(H,25,29)(H,26,28). The highest BCUT2D eigenvalue weighted by Crippen LogP contribution is 2.39. The Morgan fingerprint density at radius 3 is 2.61 bits per heavy atom. The average Bonchev–Trinajstić information content (AvgIpc) is 3.17. The second kappa shape index (κ2) is 9.60. The van der Waals surface area contributed by atoms with Crippen LogP contribution in [0.4, 0.5) is 16.4 Å². The molecule has 2 aromatic carbocycles. The Bertz CT molecular complexity index is 1260. The zero-order valence-electron chi connectivity index (χ0n) is 17.6. The van der Waals surface area contributed by atoms with Crippen molar-refractivity contribution in [3.05, 3.63) is 79.2 Å². The van der Waals surface area contributed by atoms with Crippen LogP contribution in [0, 0.1) is 10.1 Å². The Balaban J connectivity index is 1.69. The third kappa shape index (κ3) is 4.69. The van der Waals surface area contributed by atoms with Crippen molar-refractivity contribution in [2.75, 3.05) is 17.7 Å². The first kappa shape index (κ1) is 22.8. The van der Waals surface area contributed by atoms with E-state index >= 15 is 0 Å². The predicted octanol–water partition coefficient (Wildman–Crippen LogP) is 5.70. The van der Waals surface area contributed by atoms with E-state index in [1.165, 1.54) is 30.6 Å². The fourth-order valence-corrected chi connectivity index (χ4v) is 5.28. The molecular weight excluding hydrogens is 466 g/mol. The van der Waals surface area contributed by atoms with Gasteiger partial charge in [0.05, 0.1) is 33.9 Å². The highest BCUT2D eigenvalue weighted by molar-refractivity contribution is 7.17. The van der Waals surface area contributed by atoms with Crippen LogP contribution in [0.15, 0.2) is 42.5 Å². The predicted molar refractivity (Wildman–Crippen MR) is 128 cm³/mol. The summed E-state index contributed by atoms with van der Waals surface area (Å²) in [5.74, 6) is -0.461. The van der Waals surface area contributed by atoms with Gasteiger partial charge in [-0.15, -0.1) is 11.3 Å². The van der Waals surface area contributed by atoms with Gasteiger partial charge in [0.1, 0.15) is 10.8 Å². The number of amides is 2. The SMILES string of the molecule is COc1ccccc1NC(=O)c1c(NC(=O)c2cc([N+](=O)[O-])ccc2Cl)sc2c1CCCC2. The Kier molecular flexibility index (Phi) is 6.62. The van der Waals surface area contributed by atoms with Gasteiger partial charge in [0.25, 0.3) is 17.5 Å². The molecule has 0 saturated heterocycles. The number of benzene rings is 2. The average molecular weight is 486 g/mol. The maximum absolute atomic E-state index is 13.3. The second-order valence-electron chi connectivity index (χ2n) is 7.44. The highest BCUT2D eigenvalue weighted by Gasteiger charge is 2.28. The molecule has 1 aliphatic rings. The van der Waals surface area contributed by atoms with E-state index in [1.54, 1.807) is 24.3 Å². The monoisotopic (exact) mass is 485 g/mol. The minimum Gasteiger partial charge on any atom is -0.495 e. The molecule has 0 fully saturated rings. The smallest absolute Gasteiger partial charge is 0.270 e. The first-order chi connectivity index (χ1) is 15.9. The van der Waals surface area contributed by atoms with Gasteiger partial charge in [-0.25, -0.2) is 0 Å². The van der Waals surface area contributed by atoms with Crippen LogP contribution in [0.1, 0.15) is 44.0 Å². The van der Waals surface area contributed by atoms with Crippen molar-refractivity contribution < 1.29 is 19.2 Å². The van der Waals surface area contributed by atoms with Gasteiger partial charge in [0, 0.05) is 17.0 Å². The van der Waals surface area contributed by atoms with Crippen molar-refractivity contribution >= 4 is 51.1 Å². The molecule has 1 aromatic heterocycles. The van der Waals surface area contributed by atoms with Crippen molar-refractivity contribution in [1.82, 2.24) is 0 Å². The third-order valence-electron chi connectivity index (χ3n) is 5.39.